The Hall–Kier alpha value is -1.72. The Morgan fingerprint density at radius 1 is 1.33 bits per heavy atom. The van der Waals surface area contributed by atoms with Crippen LogP contribution in [0.1, 0.15) is 37.0 Å². The lowest BCUT2D eigenvalue weighted by atomic mass is 10.2. The Morgan fingerprint density at radius 2 is 1.93 bits per heavy atom. The van der Waals surface area contributed by atoms with E-state index in [2.05, 4.69) is 15.2 Å². The van der Waals surface area contributed by atoms with Crippen molar-refractivity contribution in [3.05, 3.63) is 11.4 Å². The quantitative estimate of drug-likeness (QED) is 0.686. The number of nitrogens with two attached hydrogens (primary N) is 1. The third kappa shape index (κ3) is 3.16. The van der Waals surface area contributed by atoms with E-state index in [-0.39, 0.29) is 11.6 Å². The second-order valence-corrected chi connectivity index (χ2v) is 4.11. The van der Waals surface area contributed by atoms with Crippen LogP contribution in [-0.4, -0.2) is 26.8 Å². The number of aromatic nitrogens is 3. The van der Waals surface area contributed by atoms with Gasteiger partial charge in [0.1, 0.15) is 5.60 Å². The molecule has 6 heteroatoms. The van der Waals surface area contributed by atoms with Crippen molar-refractivity contribution in [2.75, 3.05) is 5.73 Å². The maximum absolute atomic E-state index is 11.6. The molecule has 15 heavy (non-hydrogen) atoms. The first-order chi connectivity index (χ1) is 6.79. The van der Waals surface area contributed by atoms with Crippen molar-refractivity contribution in [2.45, 2.75) is 33.3 Å². The highest BCUT2D eigenvalue weighted by atomic mass is 16.6. The molecule has 82 valence electrons. The number of esters is 1. The molecule has 6 nitrogen and oxygen atoms in total. The zero-order valence-corrected chi connectivity index (χ0v) is 9.24. The van der Waals surface area contributed by atoms with Crippen molar-refractivity contribution in [3.8, 4) is 0 Å². The summed E-state index contributed by atoms with van der Waals surface area (Å²) in [6.07, 6.45) is 0. The van der Waals surface area contributed by atoms with Crippen molar-refractivity contribution in [3.63, 3.8) is 0 Å². The number of rotatable bonds is 1. The number of aryl methyl sites for hydroxylation is 1. The molecule has 0 amide bonds. The molecule has 0 aromatic carbocycles. The highest BCUT2D eigenvalue weighted by Crippen LogP contribution is 2.11. The zero-order chi connectivity index (χ0) is 11.6. The van der Waals surface area contributed by atoms with Gasteiger partial charge in [-0.3, -0.25) is 0 Å². The highest BCUT2D eigenvalue weighted by molar-refractivity contribution is 5.88. The average Bonchev–Trinajstić information content (AvgIpc) is 1.99. The second kappa shape index (κ2) is 3.80. The molecular weight excluding hydrogens is 196 g/mol. The number of carbonyl (C=O) groups is 1. The minimum absolute atomic E-state index is 0.0415. The normalized spacial score (nSPS) is 11.2. The fourth-order valence-corrected chi connectivity index (χ4v) is 0.936. The number of carbonyl (C=O) groups excluding carboxylic acids is 1. The summed E-state index contributed by atoms with van der Waals surface area (Å²) < 4.78 is 5.12. The third-order valence-electron chi connectivity index (χ3n) is 1.47. The Morgan fingerprint density at radius 3 is 2.40 bits per heavy atom. The Labute approximate surface area is 87.9 Å². The molecule has 0 spiro atoms. The van der Waals surface area contributed by atoms with Crippen molar-refractivity contribution < 1.29 is 9.53 Å². The third-order valence-corrected chi connectivity index (χ3v) is 1.47. The average molecular weight is 210 g/mol. The molecule has 0 aliphatic rings. The van der Waals surface area contributed by atoms with Gasteiger partial charge in [0.25, 0.3) is 0 Å². The maximum Gasteiger partial charge on any atom is 0.361 e. The number of hydrogen-bond acceptors (Lipinski definition) is 6. The van der Waals surface area contributed by atoms with E-state index in [1.54, 1.807) is 27.7 Å². The first-order valence-corrected chi connectivity index (χ1v) is 4.50. The molecule has 0 atom stereocenters. The van der Waals surface area contributed by atoms with Crippen LogP contribution in [0.2, 0.25) is 0 Å². The second-order valence-electron chi connectivity index (χ2n) is 4.11. The predicted octanol–water partition coefficient (Wildman–Crippen LogP) is 0.718. The Balaban J connectivity index is 2.92. The van der Waals surface area contributed by atoms with Crippen LogP contribution in [-0.2, 0) is 4.74 Å². The number of anilines is 1. The lowest BCUT2D eigenvalue weighted by Crippen LogP contribution is -2.25. The summed E-state index contributed by atoms with van der Waals surface area (Å²) in [5.74, 6) is -0.500. The topological polar surface area (TPSA) is 91.0 Å². The molecular formula is C9H14N4O2. The molecule has 1 aromatic heterocycles. The van der Waals surface area contributed by atoms with Gasteiger partial charge in [0.2, 0.25) is 5.95 Å². The van der Waals surface area contributed by atoms with E-state index in [0.717, 1.165) is 0 Å². The lowest BCUT2D eigenvalue weighted by Gasteiger charge is -2.19. The Kier molecular flexibility index (Phi) is 2.88. The van der Waals surface area contributed by atoms with Gasteiger partial charge in [0, 0.05) is 0 Å². The Bertz CT molecular complexity index is 384. The van der Waals surface area contributed by atoms with Crippen molar-refractivity contribution >= 4 is 11.9 Å². The molecule has 1 rings (SSSR count). The molecule has 1 heterocycles. The summed E-state index contributed by atoms with van der Waals surface area (Å²) in [4.78, 5) is 15.4. The largest absolute Gasteiger partial charge is 0.455 e. The van der Waals surface area contributed by atoms with Crippen LogP contribution < -0.4 is 5.73 Å². The molecule has 2 N–H and O–H groups in total. The van der Waals surface area contributed by atoms with E-state index in [1.165, 1.54) is 0 Å². The van der Waals surface area contributed by atoms with Crippen molar-refractivity contribution in [2.24, 2.45) is 0 Å². The SMILES string of the molecule is Cc1nc(N)nnc1C(=O)OC(C)(C)C. The molecule has 0 saturated heterocycles. The molecule has 0 bridgehead atoms. The fourth-order valence-electron chi connectivity index (χ4n) is 0.936. The van der Waals surface area contributed by atoms with Gasteiger partial charge in [-0.25, -0.2) is 9.78 Å². The standard InChI is InChI=1S/C9H14N4O2/c1-5-6(12-13-8(10)11-5)7(14)15-9(2,3)4/h1-4H3,(H2,10,11,13). The van der Waals surface area contributed by atoms with E-state index in [1.807, 2.05) is 0 Å². The molecule has 0 aliphatic carbocycles. The molecule has 0 saturated carbocycles. The summed E-state index contributed by atoms with van der Waals surface area (Å²) in [5.41, 5.74) is 5.27. The minimum Gasteiger partial charge on any atom is -0.455 e. The molecule has 0 unspecified atom stereocenters. The van der Waals surface area contributed by atoms with Gasteiger partial charge in [0.15, 0.2) is 5.69 Å². The fraction of sp³-hybridized carbons (Fsp3) is 0.556. The van der Waals surface area contributed by atoms with E-state index < -0.39 is 11.6 Å². The number of ether oxygens (including phenoxy) is 1. The summed E-state index contributed by atoms with van der Waals surface area (Å²) in [5, 5.41) is 7.16. The summed E-state index contributed by atoms with van der Waals surface area (Å²) in [6, 6.07) is 0. The monoisotopic (exact) mass is 210 g/mol. The molecule has 0 radical (unpaired) electrons. The van der Waals surface area contributed by atoms with E-state index >= 15 is 0 Å². The zero-order valence-electron chi connectivity index (χ0n) is 9.24. The summed E-state index contributed by atoms with van der Waals surface area (Å²) in [7, 11) is 0. The first-order valence-electron chi connectivity index (χ1n) is 4.50. The van der Waals surface area contributed by atoms with Gasteiger partial charge in [0.05, 0.1) is 5.69 Å². The highest BCUT2D eigenvalue weighted by Gasteiger charge is 2.21. The van der Waals surface area contributed by atoms with Crippen LogP contribution in [0.5, 0.6) is 0 Å². The van der Waals surface area contributed by atoms with Crippen molar-refractivity contribution in [1.82, 2.24) is 15.2 Å². The van der Waals surface area contributed by atoms with Crippen molar-refractivity contribution in [1.29, 1.82) is 0 Å². The first kappa shape index (κ1) is 11.4. The summed E-state index contributed by atoms with van der Waals surface area (Å²) >= 11 is 0. The number of nitrogen functional groups attached to an aromatic ring is 1. The van der Waals surface area contributed by atoms with Gasteiger partial charge < -0.3 is 10.5 Å². The van der Waals surface area contributed by atoms with Crippen LogP contribution in [0.15, 0.2) is 0 Å². The lowest BCUT2D eigenvalue weighted by molar-refractivity contribution is 0.00601. The summed E-state index contributed by atoms with van der Waals surface area (Å²) in [6.45, 7) is 6.96. The minimum atomic E-state index is -0.563. The van der Waals surface area contributed by atoms with E-state index in [4.69, 9.17) is 10.5 Å². The van der Waals surface area contributed by atoms with Crippen LogP contribution in [0.4, 0.5) is 5.95 Å². The van der Waals surface area contributed by atoms with Crippen LogP contribution in [0.3, 0.4) is 0 Å². The molecule has 0 fully saturated rings. The van der Waals surface area contributed by atoms with Crippen LogP contribution in [0.25, 0.3) is 0 Å². The predicted molar refractivity (Wildman–Crippen MR) is 54.1 cm³/mol. The van der Waals surface area contributed by atoms with Gasteiger partial charge in [-0.15, -0.1) is 10.2 Å². The molecule has 1 aromatic rings. The number of nitrogens with zero attached hydrogens (tertiary/aromatic N) is 3. The van der Waals surface area contributed by atoms with Gasteiger partial charge >= 0.3 is 5.97 Å². The number of hydrogen-bond donors (Lipinski definition) is 1. The van der Waals surface area contributed by atoms with E-state index in [9.17, 15) is 4.79 Å². The smallest absolute Gasteiger partial charge is 0.361 e. The van der Waals surface area contributed by atoms with E-state index in [0.29, 0.717) is 5.69 Å². The van der Waals surface area contributed by atoms with Gasteiger partial charge in [-0.2, -0.15) is 0 Å². The molecule has 0 aliphatic heterocycles. The van der Waals surface area contributed by atoms with Gasteiger partial charge in [-0.1, -0.05) is 0 Å². The van der Waals surface area contributed by atoms with Gasteiger partial charge in [-0.05, 0) is 27.7 Å². The van der Waals surface area contributed by atoms with Crippen LogP contribution >= 0.6 is 0 Å². The maximum atomic E-state index is 11.6. The van der Waals surface area contributed by atoms with Crippen LogP contribution in [0, 0.1) is 6.92 Å².